The second-order valence-corrected chi connectivity index (χ2v) is 14.2. The van der Waals surface area contributed by atoms with Crippen LogP contribution in [-0.2, 0) is 33.3 Å². The molecular weight excluding hydrogens is 572 g/mol. The van der Waals surface area contributed by atoms with Crippen LogP contribution in [-0.4, -0.2) is 138 Å². The Morgan fingerprint density at radius 2 is 1.66 bits per heavy atom. The first-order chi connectivity index (χ1) is 20.1. The number of likely N-dealkylation sites (N-methyl/N-ethyl adjacent to an activating group) is 2. The van der Waals surface area contributed by atoms with Crippen molar-refractivity contribution in [1.29, 1.82) is 0 Å². The molecule has 44 heavy (non-hydrogen) atoms. The monoisotopic (exact) mass is 632 g/mol. The summed E-state index contributed by atoms with van der Waals surface area (Å²) in [7, 11) is 7.13. The minimum atomic E-state index is -1.73. The molecule has 0 saturated carbocycles. The molecule has 2 aliphatic heterocycles. The topological polar surface area (TPSA) is 147 Å². The molecule has 3 N–H and O–H groups in total. The SMILES string of the molecule is COC1[C@@H](C)C(=O)O[C@H](C)[C@@](C)(O)[C@H](O)[C@@H](C)N(C)C[C@H](C)C[C@@](C)(O)[C@H](O[C@@H]2O[C@H](C)C[C@H](N(C)C)[C@H]2OC(C)=O)[C@H]1C. The van der Waals surface area contributed by atoms with Gasteiger partial charge in [0.05, 0.1) is 35.9 Å². The average molecular weight is 633 g/mol. The summed E-state index contributed by atoms with van der Waals surface area (Å²) in [6.45, 7) is 15.8. The number of carbonyl (C=O) groups excluding carboxylic acids is 2. The summed E-state index contributed by atoms with van der Waals surface area (Å²) in [5, 5.41) is 34.6. The van der Waals surface area contributed by atoms with E-state index in [1.165, 1.54) is 21.0 Å². The van der Waals surface area contributed by atoms with Crippen molar-refractivity contribution in [2.24, 2.45) is 17.8 Å². The van der Waals surface area contributed by atoms with Crippen molar-refractivity contribution in [3.8, 4) is 0 Å². The van der Waals surface area contributed by atoms with E-state index in [1.54, 1.807) is 27.7 Å². The van der Waals surface area contributed by atoms with E-state index >= 15 is 0 Å². The third-order valence-electron chi connectivity index (χ3n) is 9.81. The van der Waals surface area contributed by atoms with Gasteiger partial charge in [-0.15, -0.1) is 0 Å². The van der Waals surface area contributed by atoms with Crippen LogP contribution in [0.5, 0.6) is 0 Å². The lowest BCUT2D eigenvalue weighted by molar-refractivity contribution is -0.302. The second-order valence-electron chi connectivity index (χ2n) is 14.2. The van der Waals surface area contributed by atoms with Crippen LogP contribution in [0.2, 0.25) is 0 Å². The normalized spacial score (nSPS) is 45.7. The first-order valence-corrected chi connectivity index (χ1v) is 15.9. The van der Waals surface area contributed by atoms with Gasteiger partial charge in [0, 0.05) is 32.5 Å². The highest BCUT2D eigenvalue weighted by molar-refractivity contribution is 5.73. The number of aliphatic hydroxyl groups is 3. The van der Waals surface area contributed by atoms with Crippen LogP contribution in [0.3, 0.4) is 0 Å². The Morgan fingerprint density at radius 1 is 1.07 bits per heavy atom. The molecule has 12 nitrogen and oxygen atoms in total. The maximum absolute atomic E-state index is 13.5. The largest absolute Gasteiger partial charge is 0.459 e. The molecule has 0 aliphatic carbocycles. The fourth-order valence-electron chi connectivity index (χ4n) is 7.03. The van der Waals surface area contributed by atoms with Gasteiger partial charge in [0.25, 0.3) is 0 Å². The lowest BCUT2D eigenvalue weighted by Gasteiger charge is -2.47. The van der Waals surface area contributed by atoms with Crippen molar-refractivity contribution in [2.75, 3.05) is 34.8 Å². The van der Waals surface area contributed by atoms with Gasteiger partial charge in [-0.1, -0.05) is 13.8 Å². The van der Waals surface area contributed by atoms with Crippen LogP contribution in [0.4, 0.5) is 0 Å². The summed E-state index contributed by atoms with van der Waals surface area (Å²) in [5.41, 5.74) is -3.19. The zero-order valence-corrected chi connectivity index (χ0v) is 29.1. The van der Waals surface area contributed by atoms with Crippen molar-refractivity contribution in [3.63, 3.8) is 0 Å². The molecule has 2 rings (SSSR count). The first-order valence-electron chi connectivity index (χ1n) is 15.9. The number of esters is 2. The molecule has 0 aromatic heterocycles. The number of hydrogen-bond acceptors (Lipinski definition) is 12. The Balaban J connectivity index is 2.62. The fourth-order valence-corrected chi connectivity index (χ4v) is 7.03. The van der Waals surface area contributed by atoms with Crippen LogP contribution in [0.15, 0.2) is 0 Å². The first kappa shape index (κ1) is 38.8. The predicted molar refractivity (Wildman–Crippen MR) is 165 cm³/mol. The zero-order valence-electron chi connectivity index (χ0n) is 29.1. The molecule has 14 atom stereocenters. The molecule has 0 aromatic carbocycles. The van der Waals surface area contributed by atoms with Gasteiger partial charge >= 0.3 is 11.9 Å². The molecule has 0 spiro atoms. The van der Waals surface area contributed by atoms with Crippen LogP contribution >= 0.6 is 0 Å². The zero-order chi connectivity index (χ0) is 33.9. The molecular formula is C32H60N2O10. The smallest absolute Gasteiger partial charge is 0.311 e. The molecule has 0 bridgehead atoms. The van der Waals surface area contributed by atoms with Crippen molar-refractivity contribution >= 4 is 11.9 Å². The number of carbonyl (C=O) groups is 2. The number of rotatable bonds is 5. The molecule has 1 unspecified atom stereocenters. The highest BCUT2D eigenvalue weighted by atomic mass is 16.7. The van der Waals surface area contributed by atoms with Crippen molar-refractivity contribution in [3.05, 3.63) is 0 Å². The number of cyclic esters (lactones) is 1. The lowest BCUT2D eigenvalue weighted by atomic mass is 9.78. The van der Waals surface area contributed by atoms with Crippen molar-refractivity contribution < 1.29 is 48.6 Å². The van der Waals surface area contributed by atoms with E-state index in [0.717, 1.165) is 0 Å². The van der Waals surface area contributed by atoms with Crippen molar-refractivity contribution in [1.82, 2.24) is 9.80 Å². The average Bonchev–Trinajstić information content (AvgIpc) is 2.90. The van der Waals surface area contributed by atoms with Gasteiger partial charge in [-0.2, -0.15) is 0 Å². The fraction of sp³-hybridized carbons (Fsp3) is 0.938. The summed E-state index contributed by atoms with van der Waals surface area (Å²) in [5.74, 6) is -2.60. The predicted octanol–water partition coefficient (Wildman–Crippen LogP) is 1.81. The van der Waals surface area contributed by atoms with Crippen LogP contribution in [0.1, 0.15) is 75.2 Å². The Morgan fingerprint density at radius 3 is 2.18 bits per heavy atom. The number of methoxy groups -OCH3 is 1. The van der Waals surface area contributed by atoms with E-state index in [1.807, 2.05) is 51.7 Å². The third kappa shape index (κ3) is 9.12. The number of ether oxygens (including phenoxy) is 5. The second kappa shape index (κ2) is 15.5. The van der Waals surface area contributed by atoms with Gasteiger partial charge < -0.3 is 48.8 Å². The molecule has 12 heteroatoms. The number of hydrogen-bond donors (Lipinski definition) is 3. The lowest BCUT2D eigenvalue weighted by Crippen LogP contribution is -2.60. The summed E-state index contributed by atoms with van der Waals surface area (Å²) in [6, 6.07) is -0.694. The minimum Gasteiger partial charge on any atom is -0.459 e. The maximum Gasteiger partial charge on any atom is 0.311 e. The number of nitrogens with zero attached hydrogens (tertiary/aromatic N) is 2. The Bertz CT molecular complexity index is 946. The van der Waals surface area contributed by atoms with Gasteiger partial charge in [0.15, 0.2) is 12.4 Å². The van der Waals surface area contributed by atoms with E-state index in [4.69, 9.17) is 23.7 Å². The van der Waals surface area contributed by atoms with E-state index in [0.29, 0.717) is 13.0 Å². The van der Waals surface area contributed by atoms with Crippen LogP contribution < -0.4 is 0 Å². The molecule has 0 aromatic rings. The molecule has 2 heterocycles. The van der Waals surface area contributed by atoms with Gasteiger partial charge in [0.1, 0.15) is 17.8 Å². The van der Waals surface area contributed by atoms with E-state index in [-0.39, 0.29) is 24.5 Å². The quantitative estimate of drug-likeness (QED) is 0.380. The summed E-state index contributed by atoms with van der Waals surface area (Å²) >= 11 is 0. The van der Waals surface area contributed by atoms with Crippen molar-refractivity contribution in [2.45, 2.75) is 141 Å². The van der Waals surface area contributed by atoms with Crippen LogP contribution in [0.25, 0.3) is 0 Å². The Kier molecular flexibility index (Phi) is 13.6. The summed E-state index contributed by atoms with van der Waals surface area (Å²) < 4.78 is 30.3. The van der Waals surface area contributed by atoms with E-state index < -0.39 is 77.8 Å². The summed E-state index contributed by atoms with van der Waals surface area (Å²) in [4.78, 5) is 29.5. The highest BCUT2D eigenvalue weighted by Crippen LogP contribution is 2.37. The summed E-state index contributed by atoms with van der Waals surface area (Å²) in [6.07, 6.45) is -5.06. The van der Waals surface area contributed by atoms with Gasteiger partial charge in [-0.05, 0) is 81.4 Å². The Labute approximate surface area is 264 Å². The molecule has 0 radical (unpaired) electrons. The van der Waals surface area contributed by atoms with Gasteiger partial charge in [-0.3, -0.25) is 9.59 Å². The number of aliphatic hydroxyl groups excluding tert-OH is 1. The maximum atomic E-state index is 13.5. The third-order valence-corrected chi connectivity index (χ3v) is 9.81. The van der Waals surface area contributed by atoms with E-state index in [9.17, 15) is 24.9 Å². The molecule has 2 aliphatic rings. The molecule has 258 valence electrons. The Hall–Kier alpha value is -1.38. The molecule has 2 saturated heterocycles. The van der Waals surface area contributed by atoms with E-state index in [2.05, 4.69) is 0 Å². The van der Waals surface area contributed by atoms with Crippen LogP contribution in [0, 0.1) is 17.8 Å². The standard InChI is InChI=1S/C32H60N2O10/c1-17-15-31(8,38)28(44-30-26(43-23(7)35)24(33(10)11)14-18(2)41-30)19(3)25(40-13)20(4)29(37)42-22(6)32(9,39)27(36)21(5)34(12)16-17/h17-22,24-28,30,36,38-39H,14-16H2,1-13H3/t17-,18-,19+,20-,21-,22-,24+,25?,26-,27-,28-,30+,31-,32-/m1/s1. The molecule has 2 fully saturated rings. The van der Waals surface area contributed by atoms with Gasteiger partial charge in [0.2, 0.25) is 0 Å². The molecule has 0 amide bonds. The minimum absolute atomic E-state index is 0.0864. The van der Waals surface area contributed by atoms with Gasteiger partial charge in [-0.25, -0.2) is 0 Å². The highest BCUT2D eigenvalue weighted by Gasteiger charge is 2.50.